The van der Waals surface area contributed by atoms with Crippen LogP contribution in [0.2, 0.25) is 5.02 Å². The molecule has 0 saturated carbocycles. The number of piperazine rings is 1. The van der Waals surface area contributed by atoms with Gasteiger partial charge in [-0.1, -0.05) is 41.9 Å². The van der Waals surface area contributed by atoms with Crippen LogP contribution in [0.5, 0.6) is 17.2 Å². The molecule has 3 aromatic carbocycles. The predicted molar refractivity (Wildman–Crippen MR) is 145 cm³/mol. The fraction of sp³-hybridized carbons (Fsp3) is 0.286. The second-order valence-corrected chi connectivity index (χ2v) is 9.13. The number of hydrazone groups is 1. The van der Waals surface area contributed by atoms with E-state index in [2.05, 4.69) is 50.7 Å². The molecule has 2 N–H and O–H groups in total. The standard InChI is InChI=1S/C28H31ClN4O4/c1-36-27-18-24(9-7-23(27)19-30-31-28(35)22-8-10-26(34)25(29)17-22)37-16-15-32-11-13-33(14-12-32)20-21-5-3-2-4-6-21/h2-10,17-19,34H,11-16,20H2,1H3,(H,31,35)/b30-19+. The maximum absolute atomic E-state index is 12.2. The van der Waals surface area contributed by atoms with E-state index in [1.807, 2.05) is 12.1 Å². The highest BCUT2D eigenvalue weighted by Crippen LogP contribution is 2.24. The Morgan fingerprint density at radius 1 is 1.05 bits per heavy atom. The highest BCUT2D eigenvalue weighted by Gasteiger charge is 2.17. The van der Waals surface area contributed by atoms with E-state index < -0.39 is 5.91 Å². The lowest BCUT2D eigenvalue weighted by Crippen LogP contribution is -2.47. The number of rotatable bonds is 10. The summed E-state index contributed by atoms with van der Waals surface area (Å²) in [6, 6.07) is 20.3. The largest absolute Gasteiger partial charge is 0.506 e. The number of hydrogen-bond donors (Lipinski definition) is 2. The molecular formula is C28H31ClN4O4. The molecular weight excluding hydrogens is 492 g/mol. The number of halogens is 1. The molecule has 0 unspecified atom stereocenters. The Kier molecular flexibility index (Phi) is 9.37. The van der Waals surface area contributed by atoms with E-state index in [1.165, 1.54) is 30.0 Å². The van der Waals surface area contributed by atoms with Gasteiger partial charge in [-0.25, -0.2) is 5.43 Å². The Morgan fingerprint density at radius 2 is 1.81 bits per heavy atom. The minimum absolute atomic E-state index is 0.0878. The van der Waals surface area contributed by atoms with E-state index in [4.69, 9.17) is 21.1 Å². The number of ether oxygens (including phenoxy) is 2. The number of nitrogens with zero attached hydrogens (tertiary/aromatic N) is 3. The lowest BCUT2D eigenvalue weighted by Gasteiger charge is -2.34. The van der Waals surface area contributed by atoms with Gasteiger partial charge in [-0.3, -0.25) is 14.6 Å². The van der Waals surface area contributed by atoms with Crippen LogP contribution in [0.1, 0.15) is 21.5 Å². The molecule has 8 nitrogen and oxygen atoms in total. The van der Waals surface area contributed by atoms with Crippen molar-refractivity contribution >= 4 is 23.7 Å². The summed E-state index contributed by atoms with van der Waals surface area (Å²) in [5, 5.41) is 13.6. The van der Waals surface area contributed by atoms with E-state index >= 15 is 0 Å². The summed E-state index contributed by atoms with van der Waals surface area (Å²) >= 11 is 5.85. The van der Waals surface area contributed by atoms with Gasteiger partial charge in [-0.15, -0.1) is 0 Å². The first kappa shape index (κ1) is 26.5. The lowest BCUT2D eigenvalue weighted by molar-refractivity contribution is 0.0955. The van der Waals surface area contributed by atoms with Crippen LogP contribution in [0, 0.1) is 0 Å². The molecule has 0 atom stereocenters. The fourth-order valence-corrected chi connectivity index (χ4v) is 4.25. The van der Waals surface area contributed by atoms with Crippen LogP contribution in [0.4, 0.5) is 0 Å². The van der Waals surface area contributed by atoms with Gasteiger partial charge < -0.3 is 14.6 Å². The monoisotopic (exact) mass is 522 g/mol. The zero-order chi connectivity index (χ0) is 26.0. The normalized spacial score (nSPS) is 14.5. The molecule has 1 amide bonds. The van der Waals surface area contributed by atoms with Crippen molar-refractivity contribution in [2.24, 2.45) is 5.10 Å². The fourth-order valence-electron chi connectivity index (χ4n) is 4.07. The van der Waals surface area contributed by atoms with Crippen molar-refractivity contribution in [3.63, 3.8) is 0 Å². The smallest absolute Gasteiger partial charge is 0.271 e. The Bertz CT molecular complexity index is 1210. The van der Waals surface area contributed by atoms with E-state index in [0.717, 1.165) is 39.3 Å². The second kappa shape index (κ2) is 13.1. The van der Waals surface area contributed by atoms with Crippen LogP contribution in [0.3, 0.4) is 0 Å². The minimum atomic E-state index is -0.446. The molecule has 0 aromatic heterocycles. The average Bonchev–Trinajstić information content (AvgIpc) is 2.92. The molecule has 4 rings (SSSR count). The van der Waals surface area contributed by atoms with Gasteiger partial charge in [0.05, 0.1) is 18.3 Å². The summed E-state index contributed by atoms with van der Waals surface area (Å²) in [4.78, 5) is 17.1. The van der Waals surface area contributed by atoms with Gasteiger partial charge in [-0.2, -0.15) is 5.10 Å². The van der Waals surface area contributed by atoms with Crippen LogP contribution >= 0.6 is 11.6 Å². The molecule has 1 saturated heterocycles. The Morgan fingerprint density at radius 3 is 2.54 bits per heavy atom. The third-order valence-electron chi connectivity index (χ3n) is 6.17. The number of phenolic OH excluding ortho intramolecular Hbond substituents is 1. The molecule has 9 heteroatoms. The van der Waals surface area contributed by atoms with Crippen LogP contribution in [-0.4, -0.2) is 73.5 Å². The van der Waals surface area contributed by atoms with Crippen molar-refractivity contribution in [2.45, 2.75) is 6.54 Å². The average molecular weight is 523 g/mol. The second-order valence-electron chi connectivity index (χ2n) is 8.72. The van der Waals surface area contributed by atoms with E-state index in [0.29, 0.717) is 23.7 Å². The zero-order valence-corrected chi connectivity index (χ0v) is 21.5. The van der Waals surface area contributed by atoms with Crippen molar-refractivity contribution in [1.82, 2.24) is 15.2 Å². The first-order valence-electron chi connectivity index (χ1n) is 12.1. The SMILES string of the molecule is COc1cc(OCCN2CCN(Cc3ccccc3)CC2)ccc1/C=N/NC(=O)c1ccc(O)c(Cl)c1. The third kappa shape index (κ3) is 7.69. The van der Waals surface area contributed by atoms with Gasteiger partial charge >= 0.3 is 0 Å². The van der Waals surface area contributed by atoms with Crippen molar-refractivity contribution < 1.29 is 19.4 Å². The van der Waals surface area contributed by atoms with Crippen molar-refractivity contribution in [3.8, 4) is 17.2 Å². The van der Waals surface area contributed by atoms with E-state index in [9.17, 15) is 9.90 Å². The quantitative estimate of drug-likeness (QED) is 0.309. The van der Waals surface area contributed by atoms with Gasteiger partial charge in [0.15, 0.2) is 0 Å². The molecule has 1 aliphatic heterocycles. The lowest BCUT2D eigenvalue weighted by atomic mass is 10.2. The maximum atomic E-state index is 12.2. The number of aromatic hydroxyl groups is 1. The summed E-state index contributed by atoms with van der Waals surface area (Å²) in [6.07, 6.45) is 1.50. The summed E-state index contributed by atoms with van der Waals surface area (Å²) in [5.74, 6) is 0.755. The van der Waals surface area contributed by atoms with Gasteiger partial charge in [0.25, 0.3) is 5.91 Å². The summed E-state index contributed by atoms with van der Waals surface area (Å²) in [7, 11) is 1.57. The first-order valence-corrected chi connectivity index (χ1v) is 12.5. The molecule has 1 aliphatic rings. The number of amides is 1. The third-order valence-corrected chi connectivity index (χ3v) is 6.48. The highest BCUT2D eigenvalue weighted by atomic mass is 35.5. The van der Waals surface area contributed by atoms with Crippen LogP contribution in [0.25, 0.3) is 0 Å². The van der Waals surface area contributed by atoms with E-state index in [-0.39, 0.29) is 16.3 Å². The number of phenols is 1. The van der Waals surface area contributed by atoms with Crippen LogP contribution < -0.4 is 14.9 Å². The number of carbonyl (C=O) groups is 1. The molecule has 1 heterocycles. The molecule has 37 heavy (non-hydrogen) atoms. The van der Waals surface area contributed by atoms with Crippen molar-refractivity contribution in [1.29, 1.82) is 0 Å². The number of hydrogen-bond acceptors (Lipinski definition) is 7. The number of methoxy groups -OCH3 is 1. The number of carbonyl (C=O) groups excluding carboxylic acids is 1. The Balaban J connectivity index is 1.22. The van der Waals surface area contributed by atoms with Crippen molar-refractivity contribution in [3.05, 3.63) is 88.4 Å². The Labute approximate surface area is 222 Å². The van der Waals surface area contributed by atoms with Crippen LogP contribution in [0.15, 0.2) is 71.8 Å². The summed E-state index contributed by atoms with van der Waals surface area (Å²) in [5.41, 5.74) is 4.77. The van der Waals surface area contributed by atoms with Crippen molar-refractivity contribution in [2.75, 3.05) is 46.4 Å². The van der Waals surface area contributed by atoms with Gasteiger partial charge in [0.1, 0.15) is 23.9 Å². The van der Waals surface area contributed by atoms with Gasteiger partial charge in [-0.05, 0) is 35.9 Å². The molecule has 194 valence electrons. The first-order chi connectivity index (χ1) is 18.0. The number of nitrogens with one attached hydrogen (secondary N) is 1. The zero-order valence-electron chi connectivity index (χ0n) is 20.8. The molecule has 0 bridgehead atoms. The maximum Gasteiger partial charge on any atom is 0.271 e. The predicted octanol–water partition coefficient (Wildman–Crippen LogP) is 4.01. The summed E-state index contributed by atoms with van der Waals surface area (Å²) < 4.78 is 11.4. The molecule has 0 spiro atoms. The van der Waals surface area contributed by atoms with Gasteiger partial charge in [0.2, 0.25) is 0 Å². The molecule has 0 radical (unpaired) electrons. The Hall–Kier alpha value is -3.59. The molecule has 0 aliphatic carbocycles. The van der Waals surface area contributed by atoms with Crippen LogP contribution in [-0.2, 0) is 6.54 Å². The highest BCUT2D eigenvalue weighted by molar-refractivity contribution is 6.32. The molecule has 1 fully saturated rings. The summed E-state index contributed by atoms with van der Waals surface area (Å²) in [6.45, 7) is 6.59. The minimum Gasteiger partial charge on any atom is -0.506 e. The number of benzene rings is 3. The van der Waals surface area contributed by atoms with E-state index in [1.54, 1.807) is 13.2 Å². The molecule has 3 aromatic rings. The topological polar surface area (TPSA) is 86.6 Å². The van der Waals surface area contributed by atoms with Gasteiger partial charge in [0, 0.05) is 56.5 Å².